The number of hydrogen-bond acceptors (Lipinski definition) is 9. The minimum atomic E-state index is -2.48. The molecule has 1 saturated heterocycles. The molecule has 10 heteroatoms. The average Bonchev–Trinajstić information content (AvgIpc) is 3.16. The summed E-state index contributed by atoms with van der Waals surface area (Å²) in [5.74, 6) is 1.53. The first-order valence-electron chi connectivity index (χ1n) is 10.2. The van der Waals surface area contributed by atoms with Crippen molar-refractivity contribution in [3.63, 3.8) is 0 Å². The van der Waals surface area contributed by atoms with Gasteiger partial charge in [-0.3, -0.25) is 0 Å². The number of hydrogen-bond donors (Lipinski definition) is 1. The smallest absolute Gasteiger partial charge is 0.163 e. The molecule has 0 radical (unpaired) electrons. The van der Waals surface area contributed by atoms with Crippen LogP contribution >= 0.6 is 11.3 Å². The van der Waals surface area contributed by atoms with E-state index in [1.54, 1.807) is 23.7 Å². The SMILES string of the molecule is Cc1c(-c2cccc(C[SH](=O)=O)c2)sc2c(N3CCOCC3)nc(-c3ccnnc3)nc12. The van der Waals surface area contributed by atoms with Crippen molar-refractivity contribution >= 4 is 38.1 Å². The molecule has 32 heavy (non-hydrogen) atoms. The molecule has 0 N–H and O–H groups in total. The second-order valence-corrected chi connectivity index (χ2v) is 9.53. The zero-order chi connectivity index (χ0) is 22.1. The van der Waals surface area contributed by atoms with Crippen LogP contribution in [-0.4, -0.2) is 54.9 Å². The van der Waals surface area contributed by atoms with E-state index in [0.29, 0.717) is 19.0 Å². The Hall–Kier alpha value is -2.95. The van der Waals surface area contributed by atoms with Gasteiger partial charge in [0.2, 0.25) is 0 Å². The second-order valence-electron chi connectivity index (χ2n) is 7.53. The molecule has 5 rings (SSSR count). The van der Waals surface area contributed by atoms with Crippen molar-refractivity contribution in [1.82, 2.24) is 20.2 Å². The Morgan fingerprint density at radius 2 is 1.94 bits per heavy atom. The Balaban J connectivity index is 1.69. The number of anilines is 1. The lowest BCUT2D eigenvalue weighted by molar-refractivity contribution is 0.122. The van der Waals surface area contributed by atoms with Crippen molar-refractivity contribution in [3.05, 3.63) is 53.9 Å². The van der Waals surface area contributed by atoms with Crippen LogP contribution in [0.3, 0.4) is 0 Å². The number of aromatic nitrogens is 4. The lowest BCUT2D eigenvalue weighted by Crippen LogP contribution is -2.36. The minimum Gasteiger partial charge on any atom is -0.378 e. The Bertz CT molecular complexity index is 1340. The van der Waals surface area contributed by atoms with E-state index in [-0.39, 0.29) is 5.75 Å². The number of nitrogens with zero attached hydrogens (tertiary/aromatic N) is 5. The molecule has 1 aliphatic heterocycles. The Kier molecular flexibility index (Phi) is 5.81. The van der Waals surface area contributed by atoms with E-state index in [1.807, 2.05) is 30.3 Å². The van der Waals surface area contributed by atoms with Gasteiger partial charge >= 0.3 is 0 Å². The molecule has 1 aromatic carbocycles. The first-order valence-corrected chi connectivity index (χ1v) is 12.4. The van der Waals surface area contributed by atoms with Crippen molar-refractivity contribution < 1.29 is 13.2 Å². The van der Waals surface area contributed by atoms with Crippen LogP contribution in [0.4, 0.5) is 5.82 Å². The molecule has 0 aliphatic carbocycles. The third kappa shape index (κ3) is 4.08. The van der Waals surface area contributed by atoms with Crippen molar-refractivity contribution in [3.8, 4) is 21.8 Å². The standard InChI is InChI=1S/C22H21N5O3S2/c1-14-18-20(31-19(14)16-4-2-3-15(11-16)13-32(28)29)22(27-7-9-30-10-8-27)26-21(25-18)17-5-6-23-24-12-17/h2-6,11-12,32H,7-10,13H2,1H3. The van der Waals surface area contributed by atoms with Gasteiger partial charge in [0.05, 0.1) is 41.6 Å². The molecule has 0 atom stereocenters. The molecular formula is C22H21N5O3S2. The van der Waals surface area contributed by atoms with E-state index < -0.39 is 10.7 Å². The van der Waals surface area contributed by atoms with Crippen molar-refractivity contribution in [2.75, 3.05) is 31.2 Å². The van der Waals surface area contributed by atoms with Crippen LogP contribution in [0.5, 0.6) is 0 Å². The average molecular weight is 468 g/mol. The molecule has 0 amide bonds. The maximum atomic E-state index is 11.2. The number of rotatable bonds is 5. The maximum Gasteiger partial charge on any atom is 0.163 e. The molecule has 0 spiro atoms. The third-order valence-corrected chi connectivity index (χ3v) is 7.35. The molecule has 1 fully saturated rings. The molecule has 4 heterocycles. The highest BCUT2D eigenvalue weighted by atomic mass is 32.2. The Morgan fingerprint density at radius 3 is 2.69 bits per heavy atom. The summed E-state index contributed by atoms with van der Waals surface area (Å²) in [5, 5.41) is 7.84. The van der Waals surface area contributed by atoms with Crippen LogP contribution in [0.2, 0.25) is 0 Å². The molecule has 0 bridgehead atoms. The number of fused-ring (bicyclic) bond motifs is 1. The van der Waals surface area contributed by atoms with Gasteiger partial charge in [0.25, 0.3) is 0 Å². The maximum absolute atomic E-state index is 11.2. The predicted molar refractivity (Wildman–Crippen MR) is 126 cm³/mol. The normalized spacial score (nSPS) is 14.4. The molecule has 3 aromatic heterocycles. The number of thiol groups is 1. The summed E-state index contributed by atoms with van der Waals surface area (Å²) in [6, 6.07) is 9.54. The summed E-state index contributed by atoms with van der Waals surface area (Å²) in [6.07, 6.45) is 3.30. The Morgan fingerprint density at radius 1 is 1.09 bits per heavy atom. The fourth-order valence-corrected chi connectivity index (χ4v) is 5.60. The van der Waals surface area contributed by atoms with E-state index >= 15 is 0 Å². The van der Waals surface area contributed by atoms with Gasteiger partial charge in [-0.1, -0.05) is 18.2 Å². The van der Waals surface area contributed by atoms with Crippen molar-refractivity contribution in [2.45, 2.75) is 12.7 Å². The third-order valence-electron chi connectivity index (χ3n) is 5.40. The van der Waals surface area contributed by atoms with Gasteiger partial charge in [0.1, 0.15) is 10.7 Å². The first-order chi connectivity index (χ1) is 15.6. The van der Waals surface area contributed by atoms with Crippen LogP contribution < -0.4 is 4.90 Å². The quantitative estimate of drug-likeness (QED) is 0.447. The second kappa shape index (κ2) is 8.89. The van der Waals surface area contributed by atoms with Crippen LogP contribution in [0, 0.1) is 6.92 Å². The number of benzene rings is 1. The van der Waals surface area contributed by atoms with E-state index in [2.05, 4.69) is 22.0 Å². The first kappa shape index (κ1) is 20.9. The van der Waals surface area contributed by atoms with Gasteiger partial charge < -0.3 is 9.64 Å². The molecule has 164 valence electrons. The molecule has 0 saturated carbocycles. The van der Waals surface area contributed by atoms with Gasteiger partial charge in [-0.2, -0.15) is 10.2 Å². The number of thiophene rings is 1. The van der Waals surface area contributed by atoms with Crippen LogP contribution in [0.25, 0.3) is 32.0 Å². The predicted octanol–water partition coefficient (Wildman–Crippen LogP) is 3.07. The molecule has 0 unspecified atom stereocenters. The number of ether oxygens (including phenoxy) is 1. The zero-order valence-electron chi connectivity index (χ0n) is 17.4. The summed E-state index contributed by atoms with van der Waals surface area (Å²) in [7, 11) is -2.48. The zero-order valence-corrected chi connectivity index (χ0v) is 19.1. The summed E-state index contributed by atoms with van der Waals surface area (Å²) in [4.78, 5) is 13.1. The highest BCUT2D eigenvalue weighted by Gasteiger charge is 2.23. The lowest BCUT2D eigenvalue weighted by atomic mass is 10.1. The fourth-order valence-electron chi connectivity index (χ4n) is 3.85. The highest BCUT2D eigenvalue weighted by Crippen LogP contribution is 2.42. The largest absolute Gasteiger partial charge is 0.378 e. The van der Waals surface area contributed by atoms with E-state index in [4.69, 9.17) is 14.7 Å². The van der Waals surface area contributed by atoms with Gasteiger partial charge in [-0.15, -0.1) is 11.3 Å². The lowest BCUT2D eigenvalue weighted by Gasteiger charge is -2.28. The molecule has 8 nitrogen and oxygen atoms in total. The summed E-state index contributed by atoms with van der Waals surface area (Å²) < 4.78 is 29.0. The summed E-state index contributed by atoms with van der Waals surface area (Å²) >= 11 is 1.64. The van der Waals surface area contributed by atoms with Gasteiger partial charge in [0, 0.05) is 23.5 Å². The highest BCUT2D eigenvalue weighted by molar-refractivity contribution is 7.71. The van der Waals surface area contributed by atoms with Gasteiger partial charge in [0.15, 0.2) is 11.6 Å². The monoisotopic (exact) mass is 467 g/mol. The Labute approximate surface area is 190 Å². The summed E-state index contributed by atoms with van der Waals surface area (Å²) in [5.41, 5.74) is 4.52. The van der Waals surface area contributed by atoms with E-state index in [1.165, 1.54) is 0 Å². The van der Waals surface area contributed by atoms with Crippen LogP contribution in [0.15, 0.2) is 42.7 Å². The minimum absolute atomic E-state index is 0.0329. The molecule has 4 aromatic rings. The van der Waals surface area contributed by atoms with Gasteiger partial charge in [-0.25, -0.2) is 18.4 Å². The summed E-state index contributed by atoms with van der Waals surface area (Å²) in [6.45, 7) is 4.89. The van der Waals surface area contributed by atoms with E-state index in [9.17, 15) is 8.42 Å². The number of aryl methyl sites for hydroxylation is 1. The van der Waals surface area contributed by atoms with Crippen molar-refractivity contribution in [2.24, 2.45) is 0 Å². The fraction of sp³-hybridized carbons (Fsp3) is 0.273. The molecule has 1 aliphatic rings. The van der Waals surface area contributed by atoms with Crippen molar-refractivity contribution in [1.29, 1.82) is 0 Å². The van der Waals surface area contributed by atoms with Gasteiger partial charge in [-0.05, 0) is 35.7 Å². The van der Waals surface area contributed by atoms with Crippen LogP contribution in [0.1, 0.15) is 11.1 Å². The van der Waals surface area contributed by atoms with E-state index in [0.717, 1.165) is 56.3 Å². The topological polar surface area (TPSA) is 98.2 Å². The number of morpholine rings is 1. The van der Waals surface area contributed by atoms with Crippen LogP contribution in [-0.2, 0) is 21.2 Å². The molecular weight excluding hydrogens is 446 g/mol.